The zero-order valence-corrected chi connectivity index (χ0v) is 23.0. The zero-order chi connectivity index (χ0) is 28.7. The summed E-state index contributed by atoms with van der Waals surface area (Å²) in [7, 11) is -4.14. The van der Waals surface area contributed by atoms with Gasteiger partial charge in [0.2, 0.25) is 0 Å². The molecule has 15 heteroatoms. The van der Waals surface area contributed by atoms with Crippen LogP contribution < -0.4 is 9.62 Å². The smallest absolute Gasteiger partial charge is 0.407 e. The van der Waals surface area contributed by atoms with Crippen molar-refractivity contribution in [2.24, 2.45) is 0 Å². The van der Waals surface area contributed by atoms with E-state index in [-0.39, 0.29) is 51.0 Å². The van der Waals surface area contributed by atoms with Gasteiger partial charge in [-0.3, -0.25) is 4.79 Å². The van der Waals surface area contributed by atoms with Crippen LogP contribution in [0.15, 0.2) is 30.3 Å². The highest BCUT2D eigenvalue weighted by molar-refractivity contribution is 7.87. The molecule has 0 bridgehead atoms. The topological polar surface area (TPSA) is 150 Å². The predicted octanol–water partition coefficient (Wildman–Crippen LogP) is 1.93. The first kappa shape index (κ1) is 27.4. The highest BCUT2D eigenvalue weighted by atomic mass is 32.2. The Balaban J connectivity index is 1.47. The van der Waals surface area contributed by atoms with E-state index in [1.165, 1.54) is 17.0 Å². The number of rotatable bonds is 6. The van der Waals surface area contributed by atoms with Crippen LogP contribution in [0.1, 0.15) is 41.4 Å². The summed E-state index contributed by atoms with van der Waals surface area (Å²) in [6.07, 6.45) is 1.91. The van der Waals surface area contributed by atoms with Crippen LogP contribution in [0.2, 0.25) is 0 Å². The lowest BCUT2D eigenvalue weighted by molar-refractivity contribution is 0.0718. The minimum Gasteiger partial charge on any atom is -0.465 e. The van der Waals surface area contributed by atoms with E-state index in [0.29, 0.717) is 30.1 Å². The van der Waals surface area contributed by atoms with E-state index in [9.17, 15) is 27.5 Å². The Hall–Kier alpha value is -3.82. The number of pyridine rings is 1. The number of amides is 2. The summed E-state index contributed by atoms with van der Waals surface area (Å²) < 4.78 is 49.8. The average Bonchev–Trinajstić information content (AvgIpc) is 3.31. The Kier molecular flexibility index (Phi) is 7.25. The van der Waals surface area contributed by atoms with Gasteiger partial charge in [-0.25, -0.2) is 23.6 Å². The van der Waals surface area contributed by atoms with Gasteiger partial charge in [-0.2, -0.15) is 17.8 Å². The first-order valence-corrected chi connectivity index (χ1v) is 15.0. The largest absolute Gasteiger partial charge is 0.465 e. The van der Waals surface area contributed by atoms with Crippen molar-refractivity contribution in [1.82, 2.24) is 28.7 Å². The van der Waals surface area contributed by atoms with Crippen molar-refractivity contribution in [2.45, 2.75) is 25.2 Å². The van der Waals surface area contributed by atoms with Crippen molar-refractivity contribution >= 4 is 38.9 Å². The number of benzene rings is 1. The van der Waals surface area contributed by atoms with Crippen LogP contribution in [0.5, 0.6) is 0 Å². The number of carbonyl (C=O) groups is 2. The SMILES string of the molecule is O=C(NS(=O)(=O)N1CCOCC1)c1cc(N2CCN(C(=O)O)CC2)c2c(C3CCC3)nn(-c3ccc(F)cc3)c2n1. The number of morpholine rings is 1. The fourth-order valence-corrected chi connectivity index (χ4v) is 6.48. The fraction of sp³-hybridized carbons (Fsp3) is 0.462. The number of carboxylic acid groups (broad SMARTS) is 1. The minimum atomic E-state index is -4.14. The van der Waals surface area contributed by atoms with Gasteiger partial charge in [0.25, 0.3) is 5.91 Å². The maximum atomic E-state index is 13.8. The van der Waals surface area contributed by atoms with Gasteiger partial charge in [-0.1, -0.05) is 6.42 Å². The Morgan fingerprint density at radius 1 is 1.02 bits per heavy atom. The molecule has 3 aliphatic rings. The lowest BCUT2D eigenvalue weighted by atomic mass is 9.82. The number of nitrogens with zero attached hydrogens (tertiary/aromatic N) is 6. The normalized spacial score (nSPS) is 18.9. The summed E-state index contributed by atoms with van der Waals surface area (Å²) in [5.41, 5.74) is 2.17. The van der Waals surface area contributed by atoms with Crippen LogP contribution in [0.4, 0.5) is 14.9 Å². The summed E-state index contributed by atoms with van der Waals surface area (Å²) in [6, 6.07) is 7.30. The van der Waals surface area contributed by atoms with Crippen LogP contribution in [0, 0.1) is 5.82 Å². The van der Waals surface area contributed by atoms with E-state index >= 15 is 0 Å². The Morgan fingerprint density at radius 3 is 2.32 bits per heavy atom. The number of halogens is 1. The number of nitrogens with one attached hydrogen (secondary N) is 1. The van der Waals surface area contributed by atoms with E-state index in [1.54, 1.807) is 22.9 Å². The maximum absolute atomic E-state index is 13.8. The quantitative estimate of drug-likeness (QED) is 0.441. The van der Waals surface area contributed by atoms with Crippen molar-refractivity contribution in [2.75, 3.05) is 57.4 Å². The van der Waals surface area contributed by atoms with Gasteiger partial charge in [0.05, 0.1) is 35.7 Å². The van der Waals surface area contributed by atoms with Crippen LogP contribution >= 0.6 is 0 Å². The highest BCUT2D eigenvalue weighted by Crippen LogP contribution is 2.42. The van der Waals surface area contributed by atoms with Gasteiger partial charge in [-0.05, 0) is 43.2 Å². The molecule has 0 spiro atoms. The third-order valence-corrected chi connectivity index (χ3v) is 9.35. The molecule has 2 aromatic heterocycles. The molecule has 2 saturated heterocycles. The van der Waals surface area contributed by atoms with E-state index in [1.807, 2.05) is 4.90 Å². The molecule has 2 amide bonds. The van der Waals surface area contributed by atoms with E-state index in [0.717, 1.165) is 34.6 Å². The number of aromatic nitrogens is 3. The molecule has 6 rings (SSSR count). The number of fused-ring (bicyclic) bond motifs is 1. The number of anilines is 1. The Bertz CT molecular complexity index is 1580. The minimum absolute atomic E-state index is 0.121. The number of ether oxygens (including phenoxy) is 1. The van der Waals surface area contributed by atoms with Crippen molar-refractivity contribution in [1.29, 1.82) is 0 Å². The lowest BCUT2D eigenvalue weighted by Crippen LogP contribution is -2.49. The fourth-order valence-electron chi connectivity index (χ4n) is 5.38. The van der Waals surface area contributed by atoms with Gasteiger partial charge in [0, 0.05) is 45.2 Å². The molecule has 0 unspecified atom stereocenters. The molecule has 218 valence electrons. The molecule has 0 atom stereocenters. The summed E-state index contributed by atoms with van der Waals surface area (Å²) in [5.74, 6) is -1.15. The van der Waals surface area contributed by atoms with Crippen molar-refractivity contribution < 1.29 is 32.2 Å². The molecular weight excluding hydrogens is 557 g/mol. The molecule has 1 saturated carbocycles. The van der Waals surface area contributed by atoms with Gasteiger partial charge >= 0.3 is 16.3 Å². The van der Waals surface area contributed by atoms with E-state index < -0.39 is 28.0 Å². The first-order valence-electron chi connectivity index (χ1n) is 13.5. The van der Waals surface area contributed by atoms with Gasteiger partial charge in [0.1, 0.15) is 11.5 Å². The number of hydrogen-bond donors (Lipinski definition) is 2. The average molecular weight is 588 g/mol. The number of piperazine rings is 1. The molecule has 41 heavy (non-hydrogen) atoms. The highest BCUT2D eigenvalue weighted by Gasteiger charge is 2.33. The van der Waals surface area contributed by atoms with Crippen LogP contribution in [0.3, 0.4) is 0 Å². The van der Waals surface area contributed by atoms with E-state index in [2.05, 4.69) is 9.71 Å². The second-order valence-corrected chi connectivity index (χ2v) is 12.0. The van der Waals surface area contributed by atoms with Crippen molar-refractivity contribution in [3.8, 4) is 5.69 Å². The maximum Gasteiger partial charge on any atom is 0.407 e. The molecule has 2 N–H and O–H groups in total. The molecule has 1 aliphatic carbocycles. The standard InChI is InChI=1S/C26H30FN7O6S/c27-18-4-6-19(7-5-18)34-24-22(23(29-34)17-2-1-3-17)21(31-8-10-32(11-9-31)26(36)37)16-20(28-24)25(35)30-41(38,39)33-12-14-40-15-13-33/h4-7,16-17H,1-3,8-15H2,(H,30,35)(H,36,37). The lowest BCUT2D eigenvalue weighted by Gasteiger charge is -2.35. The molecule has 3 fully saturated rings. The molecule has 1 aromatic carbocycles. The van der Waals surface area contributed by atoms with Crippen molar-refractivity contribution in [3.63, 3.8) is 0 Å². The van der Waals surface area contributed by atoms with Crippen LogP contribution in [-0.4, -0.2) is 102 Å². The Labute approximate surface area is 235 Å². The number of hydrogen-bond acceptors (Lipinski definition) is 8. The molecule has 2 aliphatic heterocycles. The second kappa shape index (κ2) is 10.9. The molecule has 13 nitrogen and oxygen atoms in total. The summed E-state index contributed by atoms with van der Waals surface area (Å²) >= 11 is 0. The van der Waals surface area contributed by atoms with E-state index in [4.69, 9.17) is 9.84 Å². The van der Waals surface area contributed by atoms with Crippen LogP contribution in [0.25, 0.3) is 16.7 Å². The van der Waals surface area contributed by atoms with Crippen LogP contribution in [-0.2, 0) is 14.9 Å². The molecule has 4 heterocycles. The summed E-state index contributed by atoms with van der Waals surface area (Å²) in [4.78, 5) is 32.9. The third kappa shape index (κ3) is 5.31. The monoisotopic (exact) mass is 587 g/mol. The Morgan fingerprint density at radius 2 is 1.71 bits per heavy atom. The first-order chi connectivity index (χ1) is 19.7. The van der Waals surface area contributed by atoms with Gasteiger partial charge in [0.15, 0.2) is 5.65 Å². The van der Waals surface area contributed by atoms with Crippen molar-refractivity contribution in [3.05, 3.63) is 47.5 Å². The molecular formula is C26H30FN7O6S. The zero-order valence-electron chi connectivity index (χ0n) is 22.2. The molecule has 0 radical (unpaired) electrons. The summed E-state index contributed by atoms with van der Waals surface area (Å²) in [6.45, 7) is 1.95. The summed E-state index contributed by atoms with van der Waals surface area (Å²) in [5, 5.41) is 15.0. The third-order valence-electron chi connectivity index (χ3n) is 7.86. The number of carbonyl (C=O) groups excluding carboxylic acids is 1. The van der Waals surface area contributed by atoms with Gasteiger partial charge in [-0.15, -0.1) is 0 Å². The molecule has 3 aromatic rings. The predicted molar refractivity (Wildman–Crippen MR) is 146 cm³/mol. The van der Waals surface area contributed by atoms with Gasteiger partial charge < -0.3 is 19.6 Å². The second-order valence-electron chi connectivity index (χ2n) is 10.3.